The molecule has 0 spiro atoms. The van der Waals surface area contributed by atoms with Crippen molar-refractivity contribution in [1.82, 2.24) is 9.80 Å². The normalized spacial score (nSPS) is 20.7. The third-order valence-electron chi connectivity index (χ3n) is 5.61. The van der Waals surface area contributed by atoms with Crippen LogP contribution < -0.4 is 0 Å². The number of benzene rings is 2. The number of carbonyl (C=O) groups excluding carboxylic acids is 2. The highest BCUT2D eigenvalue weighted by molar-refractivity contribution is 5.88. The third-order valence-corrected chi connectivity index (χ3v) is 5.61. The summed E-state index contributed by atoms with van der Waals surface area (Å²) in [7, 11) is 1.39. The Balaban J connectivity index is 1.54. The Morgan fingerprint density at radius 1 is 1.00 bits per heavy atom. The molecule has 4 rings (SSSR count). The molecular weight excluding hydrogens is 340 g/mol. The van der Waals surface area contributed by atoms with Gasteiger partial charge in [0.2, 0.25) is 5.91 Å². The first kappa shape index (κ1) is 17.7. The number of ether oxygens (including phenoxy) is 1. The van der Waals surface area contributed by atoms with Gasteiger partial charge < -0.3 is 9.64 Å². The molecule has 0 N–H and O–H groups in total. The SMILES string of the molecule is COC(=O)C1CCC(=O)N1C1CN(C(c2ccccc2)c2ccccc2)C1. The second-order valence-corrected chi connectivity index (χ2v) is 7.21. The maximum Gasteiger partial charge on any atom is 0.328 e. The van der Waals surface area contributed by atoms with Gasteiger partial charge in [0.15, 0.2) is 0 Å². The molecule has 2 aliphatic heterocycles. The fourth-order valence-electron chi connectivity index (χ4n) is 4.29. The lowest BCUT2D eigenvalue weighted by molar-refractivity contribution is -0.153. The molecule has 5 nitrogen and oxygen atoms in total. The van der Waals surface area contributed by atoms with Gasteiger partial charge in [0.25, 0.3) is 0 Å². The summed E-state index contributed by atoms with van der Waals surface area (Å²) >= 11 is 0. The Bertz CT molecular complexity index is 763. The number of hydrogen-bond donors (Lipinski definition) is 0. The fourth-order valence-corrected chi connectivity index (χ4v) is 4.29. The minimum atomic E-state index is -0.429. The molecule has 0 saturated carbocycles. The van der Waals surface area contributed by atoms with Crippen LogP contribution in [0.5, 0.6) is 0 Å². The van der Waals surface area contributed by atoms with Gasteiger partial charge >= 0.3 is 5.97 Å². The first-order valence-electron chi connectivity index (χ1n) is 9.42. The minimum Gasteiger partial charge on any atom is -0.467 e. The molecule has 1 amide bonds. The lowest BCUT2D eigenvalue weighted by Crippen LogP contribution is -2.63. The van der Waals surface area contributed by atoms with Crippen molar-refractivity contribution in [2.24, 2.45) is 0 Å². The van der Waals surface area contributed by atoms with E-state index in [0.717, 1.165) is 13.1 Å². The Labute approximate surface area is 159 Å². The number of methoxy groups -OCH3 is 1. The molecular formula is C22H24N2O3. The van der Waals surface area contributed by atoms with E-state index in [1.54, 1.807) is 4.90 Å². The number of carbonyl (C=O) groups is 2. The molecule has 1 atom stereocenters. The third kappa shape index (κ3) is 3.35. The molecule has 2 heterocycles. The van der Waals surface area contributed by atoms with E-state index < -0.39 is 6.04 Å². The Kier molecular flexibility index (Phi) is 4.94. The maximum atomic E-state index is 12.4. The topological polar surface area (TPSA) is 49.9 Å². The smallest absolute Gasteiger partial charge is 0.328 e. The van der Waals surface area contributed by atoms with Gasteiger partial charge in [-0.15, -0.1) is 0 Å². The van der Waals surface area contributed by atoms with E-state index in [1.807, 2.05) is 12.1 Å². The number of rotatable bonds is 5. The summed E-state index contributed by atoms with van der Waals surface area (Å²) in [6, 6.07) is 20.6. The zero-order valence-electron chi connectivity index (χ0n) is 15.5. The number of nitrogens with zero attached hydrogens (tertiary/aromatic N) is 2. The summed E-state index contributed by atoms with van der Waals surface area (Å²) < 4.78 is 4.90. The largest absolute Gasteiger partial charge is 0.467 e. The van der Waals surface area contributed by atoms with Crippen molar-refractivity contribution in [3.63, 3.8) is 0 Å². The zero-order chi connectivity index (χ0) is 18.8. The van der Waals surface area contributed by atoms with Crippen molar-refractivity contribution in [3.05, 3.63) is 71.8 Å². The molecule has 2 aromatic rings. The lowest BCUT2D eigenvalue weighted by atomic mass is 9.92. The number of amides is 1. The highest BCUT2D eigenvalue weighted by Gasteiger charge is 2.46. The molecule has 1 unspecified atom stereocenters. The minimum absolute atomic E-state index is 0.0611. The van der Waals surface area contributed by atoms with E-state index in [4.69, 9.17) is 4.74 Å². The van der Waals surface area contributed by atoms with Crippen LogP contribution in [0, 0.1) is 0 Å². The van der Waals surface area contributed by atoms with Gasteiger partial charge in [-0.2, -0.15) is 0 Å². The molecule has 140 valence electrons. The summed E-state index contributed by atoms with van der Waals surface area (Å²) in [6.07, 6.45) is 0.986. The number of hydrogen-bond acceptors (Lipinski definition) is 4. The van der Waals surface area contributed by atoms with E-state index in [0.29, 0.717) is 12.8 Å². The van der Waals surface area contributed by atoms with E-state index in [1.165, 1.54) is 18.2 Å². The molecule has 0 bridgehead atoms. The zero-order valence-corrected chi connectivity index (χ0v) is 15.5. The maximum absolute atomic E-state index is 12.4. The van der Waals surface area contributed by atoms with Crippen LogP contribution in [0.3, 0.4) is 0 Å². The number of esters is 1. The molecule has 2 saturated heterocycles. The highest BCUT2D eigenvalue weighted by Crippen LogP contribution is 2.35. The molecule has 27 heavy (non-hydrogen) atoms. The van der Waals surface area contributed by atoms with E-state index >= 15 is 0 Å². The molecule has 2 aromatic carbocycles. The van der Waals surface area contributed by atoms with Gasteiger partial charge in [-0.1, -0.05) is 60.7 Å². The van der Waals surface area contributed by atoms with Crippen LogP contribution in [-0.2, 0) is 14.3 Å². The van der Waals surface area contributed by atoms with Gasteiger partial charge in [-0.3, -0.25) is 9.69 Å². The van der Waals surface area contributed by atoms with Crippen LogP contribution >= 0.6 is 0 Å². The standard InChI is InChI=1S/C22H24N2O3/c1-27-22(26)19-12-13-20(25)24(19)18-14-23(15-18)21(16-8-4-2-5-9-16)17-10-6-3-7-11-17/h2-11,18-19,21H,12-15H2,1H3. The van der Waals surface area contributed by atoms with Gasteiger partial charge in [0.05, 0.1) is 19.2 Å². The van der Waals surface area contributed by atoms with Crippen molar-refractivity contribution < 1.29 is 14.3 Å². The molecule has 0 aliphatic carbocycles. The summed E-state index contributed by atoms with van der Waals surface area (Å²) in [5.41, 5.74) is 2.47. The van der Waals surface area contributed by atoms with Gasteiger partial charge in [0, 0.05) is 19.5 Å². The van der Waals surface area contributed by atoms with Crippen molar-refractivity contribution in [3.8, 4) is 0 Å². The Morgan fingerprint density at radius 2 is 1.56 bits per heavy atom. The fraction of sp³-hybridized carbons (Fsp3) is 0.364. The van der Waals surface area contributed by atoms with Crippen molar-refractivity contribution in [2.75, 3.05) is 20.2 Å². The van der Waals surface area contributed by atoms with Crippen LogP contribution in [0.2, 0.25) is 0 Å². The summed E-state index contributed by atoms with van der Waals surface area (Å²) in [4.78, 5) is 28.5. The first-order chi connectivity index (χ1) is 13.2. The van der Waals surface area contributed by atoms with E-state index in [2.05, 4.69) is 53.4 Å². The molecule has 5 heteroatoms. The van der Waals surface area contributed by atoms with E-state index in [9.17, 15) is 9.59 Å². The van der Waals surface area contributed by atoms with Gasteiger partial charge in [-0.05, 0) is 17.5 Å². The second kappa shape index (κ2) is 7.53. The molecule has 0 radical (unpaired) electrons. The van der Waals surface area contributed by atoms with Crippen LogP contribution in [-0.4, -0.2) is 54.0 Å². The monoisotopic (exact) mass is 364 g/mol. The number of likely N-dealkylation sites (tertiary alicyclic amines) is 2. The predicted octanol–water partition coefficient (Wildman–Crippen LogP) is 2.62. The average Bonchev–Trinajstić information content (AvgIpc) is 3.06. The lowest BCUT2D eigenvalue weighted by Gasteiger charge is -2.49. The van der Waals surface area contributed by atoms with Crippen LogP contribution in [0.1, 0.15) is 30.0 Å². The average molecular weight is 364 g/mol. The van der Waals surface area contributed by atoms with Gasteiger partial charge in [0.1, 0.15) is 6.04 Å². The molecule has 2 fully saturated rings. The van der Waals surface area contributed by atoms with Crippen molar-refractivity contribution in [1.29, 1.82) is 0 Å². The second-order valence-electron chi connectivity index (χ2n) is 7.21. The van der Waals surface area contributed by atoms with Crippen molar-refractivity contribution >= 4 is 11.9 Å². The summed E-state index contributed by atoms with van der Waals surface area (Å²) in [5.74, 6) is -0.243. The molecule has 0 aromatic heterocycles. The first-order valence-corrected chi connectivity index (χ1v) is 9.42. The summed E-state index contributed by atoms with van der Waals surface area (Å²) in [6.45, 7) is 1.52. The Morgan fingerprint density at radius 3 is 2.07 bits per heavy atom. The van der Waals surface area contributed by atoms with Crippen LogP contribution in [0.4, 0.5) is 0 Å². The van der Waals surface area contributed by atoms with Crippen LogP contribution in [0.25, 0.3) is 0 Å². The van der Waals surface area contributed by atoms with E-state index in [-0.39, 0.29) is 24.0 Å². The quantitative estimate of drug-likeness (QED) is 0.766. The molecule has 2 aliphatic rings. The van der Waals surface area contributed by atoms with Crippen molar-refractivity contribution in [2.45, 2.75) is 31.0 Å². The highest BCUT2D eigenvalue weighted by atomic mass is 16.5. The summed E-state index contributed by atoms with van der Waals surface area (Å²) in [5, 5.41) is 0. The van der Waals surface area contributed by atoms with Gasteiger partial charge in [-0.25, -0.2) is 4.79 Å². The van der Waals surface area contributed by atoms with Crippen LogP contribution in [0.15, 0.2) is 60.7 Å². The predicted molar refractivity (Wildman–Crippen MR) is 102 cm³/mol. The Hall–Kier alpha value is -2.66.